The van der Waals surface area contributed by atoms with E-state index in [4.69, 9.17) is 21.1 Å². The molecule has 0 spiro atoms. The summed E-state index contributed by atoms with van der Waals surface area (Å²) in [6, 6.07) is 16.2. The Morgan fingerprint density at radius 2 is 1.84 bits per heavy atom. The molecule has 32 heavy (non-hydrogen) atoms. The third kappa shape index (κ3) is 4.26. The van der Waals surface area contributed by atoms with Crippen LogP contribution in [0.4, 0.5) is 0 Å². The van der Waals surface area contributed by atoms with E-state index in [0.717, 1.165) is 11.1 Å². The number of benzene rings is 2. The molecule has 0 saturated heterocycles. The number of hydrogen-bond acceptors (Lipinski definition) is 6. The fraction of sp³-hybridized carbons (Fsp3) is 0.130. The molecule has 4 aromatic rings. The Morgan fingerprint density at radius 3 is 2.56 bits per heavy atom. The Bertz CT molecular complexity index is 1240. The van der Waals surface area contributed by atoms with Gasteiger partial charge in [0.05, 0.1) is 24.9 Å². The van der Waals surface area contributed by atoms with Crippen molar-refractivity contribution >= 4 is 17.5 Å². The number of rotatable bonds is 7. The Hall–Kier alpha value is -3.91. The summed E-state index contributed by atoms with van der Waals surface area (Å²) in [6.07, 6.45) is 3.28. The molecule has 0 unspecified atom stereocenters. The van der Waals surface area contributed by atoms with Crippen molar-refractivity contribution in [3.05, 3.63) is 83.3 Å². The maximum atomic E-state index is 13.1. The average molecular weight is 450 g/mol. The van der Waals surface area contributed by atoms with Crippen LogP contribution < -0.4 is 14.8 Å². The van der Waals surface area contributed by atoms with Crippen LogP contribution in [0.15, 0.2) is 67.0 Å². The zero-order chi connectivity index (χ0) is 22.5. The lowest BCUT2D eigenvalue weighted by molar-refractivity contribution is 0.0946. The van der Waals surface area contributed by atoms with Gasteiger partial charge in [-0.1, -0.05) is 28.9 Å². The number of carbonyl (C=O) groups excluding carboxylic acids is 1. The molecule has 8 nitrogen and oxygen atoms in total. The lowest BCUT2D eigenvalue weighted by atomic mass is 10.1. The van der Waals surface area contributed by atoms with Gasteiger partial charge in [-0.2, -0.15) is 0 Å². The molecule has 0 saturated carbocycles. The van der Waals surface area contributed by atoms with Crippen LogP contribution >= 0.6 is 11.6 Å². The molecule has 9 heteroatoms. The Labute approximate surface area is 189 Å². The average Bonchev–Trinajstić information content (AvgIpc) is 3.28. The van der Waals surface area contributed by atoms with Crippen molar-refractivity contribution in [3.8, 4) is 28.4 Å². The highest BCUT2D eigenvalue weighted by Gasteiger charge is 2.23. The molecule has 0 bridgehead atoms. The van der Waals surface area contributed by atoms with Gasteiger partial charge in [-0.15, -0.1) is 5.10 Å². The smallest absolute Gasteiger partial charge is 0.274 e. The number of amides is 1. The summed E-state index contributed by atoms with van der Waals surface area (Å²) in [5.41, 5.74) is 2.83. The largest absolute Gasteiger partial charge is 0.497 e. The molecule has 1 amide bonds. The normalized spacial score (nSPS) is 10.6. The van der Waals surface area contributed by atoms with E-state index in [1.807, 2.05) is 24.3 Å². The molecule has 0 aliphatic heterocycles. The van der Waals surface area contributed by atoms with E-state index in [9.17, 15) is 4.79 Å². The van der Waals surface area contributed by atoms with Crippen LogP contribution in [0.2, 0.25) is 5.02 Å². The Kier molecular flexibility index (Phi) is 6.32. The molecular weight excluding hydrogens is 430 g/mol. The first kappa shape index (κ1) is 21.3. The van der Waals surface area contributed by atoms with Crippen molar-refractivity contribution in [1.82, 2.24) is 25.3 Å². The molecule has 1 N–H and O–H groups in total. The first-order chi connectivity index (χ1) is 15.6. The minimum absolute atomic E-state index is 0.170. The summed E-state index contributed by atoms with van der Waals surface area (Å²) in [6.45, 7) is 0.237. The molecule has 162 valence electrons. The second-order valence-corrected chi connectivity index (χ2v) is 7.15. The summed E-state index contributed by atoms with van der Waals surface area (Å²) >= 11 is 6.38. The van der Waals surface area contributed by atoms with E-state index < -0.39 is 0 Å². The van der Waals surface area contributed by atoms with Gasteiger partial charge >= 0.3 is 0 Å². The molecule has 2 heterocycles. The lowest BCUT2D eigenvalue weighted by Gasteiger charge is -2.12. The van der Waals surface area contributed by atoms with Crippen LogP contribution in [-0.2, 0) is 6.54 Å². The highest BCUT2D eigenvalue weighted by atomic mass is 35.5. The second kappa shape index (κ2) is 9.49. The van der Waals surface area contributed by atoms with Crippen LogP contribution in [0.3, 0.4) is 0 Å². The van der Waals surface area contributed by atoms with Crippen LogP contribution in [0.25, 0.3) is 16.9 Å². The summed E-state index contributed by atoms with van der Waals surface area (Å²) in [7, 11) is 3.15. The number of nitrogens with zero attached hydrogens (tertiary/aromatic N) is 4. The highest BCUT2D eigenvalue weighted by molar-refractivity contribution is 6.32. The molecule has 4 rings (SSSR count). The first-order valence-electron chi connectivity index (χ1n) is 9.72. The van der Waals surface area contributed by atoms with Crippen molar-refractivity contribution in [3.63, 3.8) is 0 Å². The third-order valence-electron chi connectivity index (χ3n) is 4.85. The monoisotopic (exact) mass is 449 g/mol. The number of methoxy groups -OCH3 is 2. The van der Waals surface area contributed by atoms with E-state index in [1.165, 1.54) is 0 Å². The van der Waals surface area contributed by atoms with Gasteiger partial charge in [-0.05, 0) is 36.4 Å². The van der Waals surface area contributed by atoms with Crippen LogP contribution in [-0.4, -0.2) is 40.1 Å². The number of halogens is 1. The van der Waals surface area contributed by atoms with Gasteiger partial charge in [0.15, 0.2) is 5.69 Å². The second-order valence-electron chi connectivity index (χ2n) is 6.75. The van der Waals surface area contributed by atoms with Crippen molar-refractivity contribution in [1.29, 1.82) is 0 Å². The van der Waals surface area contributed by atoms with E-state index in [-0.39, 0.29) is 18.1 Å². The van der Waals surface area contributed by atoms with Crippen LogP contribution in [0, 0.1) is 0 Å². The van der Waals surface area contributed by atoms with Crippen molar-refractivity contribution in [2.24, 2.45) is 0 Å². The van der Waals surface area contributed by atoms with Crippen molar-refractivity contribution in [2.75, 3.05) is 14.2 Å². The number of para-hydroxylation sites is 1. The molecule has 0 aliphatic carbocycles. The standard InChI is InChI=1S/C23H20ClN5O3/c1-31-17-8-7-16(20(13-17)32-2)14-26-23(30)21-22(15-9-11-25-12-10-15)29(28-27-21)19-6-4-3-5-18(19)24/h3-13H,14H2,1-2H3,(H,26,30). The summed E-state index contributed by atoms with van der Waals surface area (Å²) in [4.78, 5) is 17.2. The fourth-order valence-corrected chi connectivity index (χ4v) is 3.47. The lowest BCUT2D eigenvalue weighted by Crippen LogP contribution is -2.24. The van der Waals surface area contributed by atoms with E-state index in [2.05, 4.69) is 20.6 Å². The van der Waals surface area contributed by atoms with Gasteiger partial charge in [0.25, 0.3) is 5.91 Å². The van der Waals surface area contributed by atoms with Gasteiger partial charge in [0, 0.05) is 36.1 Å². The Balaban J connectivity index is 1.68. The molecule has 0 radical (unpaired) electrons. The zero-order valence-corrected chi connectivity index (χ0v) is 18.2. The highest BCUT2D eigenvalue weighted by Crippen LogP contribution is 2.29. The Morgan fingerprint density at radius 1 is 1.06 bits per heavy atom. The summed E-state index contributed by atoms with van der Waals surface area (Å²) in [5, 5.41) is 11.8. The van der Waals surface area contributed by atoms with Crippen LogP contribution in [0.1, 0.15) is 16.1 Å². The van der Waals surface area contributed by atoms with Crippen molar-refractivity contribution < 1.29 is 14.3 Å². The van der Waals surface area contributed by atoms with Crippen LogP contribution in [0.5, 0.6) is 11.5 Å². The minimum Gasteiger partial charge on any atom is -0.497 e. The third-order valence-corrected chi connectivity index (χ3v) is 5.17. The zero-order valence-electron chi connectivity index (χ0n) is 17.4. The quantitative estimate of drug-likeness (QED) is 0.459. The molecule has 0 atom stereocenters. The maximum Gasteiger partial charge on any atom is 0.274 e. The van der Waals surface area contributed by atoms with Gasteiger partial charge in [0.2, 0.25) is 0 Å². The first-order valence-corrected chi connectivity index (χ1v) is 10.1. The maximum absolute atomic E-state index is 13.1. The number of nitrogens with one attached hydrogen (secondary N) is 1. The van der Waals surface area contributed by atoms with Crippen molar-refractivity contribution in [2.45, 2.75) is 6.54 Å². The predicted molar refractivity (Wildman–Crippen MR) is 120 cm³/mol. The number of aromatic nitrogens is 4. The van der Waals surface area contributed by atoms with E-state index in [0.29, 0.717) is 27.9 Å². The van der Waals surface area contributed by atoms with Gasteiger partial charge in [0.1, 0.15) is 17.2 Å². The number of carbonyl (C=O) groups is 1. The number of ether oxygens (including phenoxy) is 2. The molecule has 0 fully saturated rings. The molecule has 0 aliphatic rings. The molecular formula is C23H20ClN5O3. The van der Waals surface area contributed by atoms with Gasteiger partial charge in [-0.3, -0.25) is 9.78 Å². The predicted octanol–water partition coefficient (Wildman–Crippen LogP) is 3.93. The van der Waals surface area contributed by atoms with E-state index in [1.54, 1.807) is 61.6 Å². The van der Waals surface area contributed by atoms with Gasteiger partial charge < -0.3 is 14.8 Å². The summed E-state index contributed by atoms with van der Waals surface area (Å²) < 4.78 is 12.2. The number of pyridine rings is 1. The summed E-state index contributed by atoms with van der Waals surface area (Å²) in [5.74, 6) is 0.895. The van der Waals surface area contributed by atoms with E-state index >= 15 is 0 Å². The topological polar surface area (TPSA) is 91.2 Å². The molecule has 2 aromatic heterocycles. The number of hydrogen-bond donors (Lipinski definition) is 1. The van der Waals surface area contributed by atoms with Gasteiger partial charge in [-0.25, -0.2) is 4.68 Å². The SMILES string of the molecule is COc1ccc(CNC(=O)c2nnn(-c3ccccc3Cl)c2-c2ccncc2)c(OC)c1. The molecule has 2 aromatic carbocycles. The fourth-order valence-electron chi connectivity index (χ4n) is 3.25. The minimum atomic E-state index is -0.381.